The summed E-state index contributed by atoms with van der Waals surface area (Å²) in [7, 11) is 3.13. The minimum absolute atomic E-state index is 0.0807. The van der Waals surface area contributed by atoms with Crippen molar-refractivity contribution in [2.45, 2.75) is 6.42 Å². The third kappa shape index (κ3) is 2.88. The predicted molar refractivity (Wildman–Crippen MR) is 76.2 cm³/mol. The van der Waals surface area contributed by atoms with E-state index in [9.17, 15) is 4.79 Å². The lowest BCUT2D eigenvalue weighted by Gasteiger charge is -2.09. The summed E-state index contributed by atoms with van der Waals surface area (Å²) in [5.41, 5.74) is 7.47. The van der Waals surface area contributed by atoms with Gasteiger partial charge in [0.2, 0.25) is 0 Å². The fourth-order valence-electron chi connectivity index (χ4n) is 1.91. The van der Waals surface area contributed by atoms with Gasteiger partial charge in [0, 0.05) is 24.5 Å². The van der Waals surface area contributed by atoms with Gasteiger partial charge in [-0.3, -0.25) is 9.78 Å². The summed E-state index contributed by atoms with van der Waals surface area (Å²) in [5, 5.41) is 0. The zero-order valence-corrected chi connectivity index (χ0v) is 11.4. The maximum Gasteiger partial charge on any atom is 0.170 e. The number of nitrogens with two attached hydrogens (primary N) is 1. The Kier molecular flexibility index (Phi) is 4.20. The van der Waals surface area contributed by atoms with E-state index in [2.05, 4.69) is 4.98 Å². The number of aromatic nitrogens is 1. The van der Waals surface area contributed by atoms with Gasteiger partial charge >= 0.3 is 0 Å². The molecular formula is C15H16N2O3. The second-order valence-electron chi connectivity index (χ2n) is 4.25. The molecule has 2 N–H and O–H groups in total. The molecule has 5 heteroatoms. The van der Waals surface area contributed by atoms with E-state index in [-0.39, 0.29) is 12.2 Å². The van der Waals surface area contributed by atoms with Crippen molar-refractivity contribution in [1.82, 2.24) is 4.98 Å². The monoisotopic (exact) mass is 272 g/mol. The molecule has 104 valence electrons. The van der Waals surface area contributed by atoms with E-state index in [0.717, 1.165) is 5.56 Å². The van der Waals surface area contributed by atoms with Gasteiger partial charge in [0.1, 0.15) is 0 Å². The van der Waals surface area contributed by atoms with Crippen LogP contribution in [0, 0.1) is 0 Å². The normalized spacial score (nSPS) is 10.1. The number of carbonyl (C=O) groups excluding carboxylic acids is 1. The topological polar surface area (TPSA) is 74.4 Å². The first-order valence-electron chi connectivity index (χ1n) is 6.09. The van der Waals surface area contributed by atoms with Gasteiger partial charge in [-0.15, -0.1) is 0 Å². The van der Waals surface area contributed by atoms with Crippen LogP contribution in [-0.4, -0.2) is 25.0 Å². The summed E-state index contributed by atoms with van der Waals surface area (Å²) in [6.45, 7) is 0. The summed E-state index contributed by atoms with van der Waals surface area (Å²) >= 11 is 0. The Bertz CT molecular complexity index is 626. The van der Waals surface area contributed by atoms with Gasteiger partial charge in [-0.25, -0.2) is 0 Å². The third-order valence-electron chi connectivity index (χ3n) is 2.97. The molecule has 2 rings (SSSR count). The molecule has 1 aromatic heterocycles. The smallest absolute Gasteiger partial charge is 0.170 e. The largest absolute Gasteiger partial charge is 0.493 e. The molecule has 0 aliphatic carbocycles. The van der Waals surface area contributed by atoms with Crippen LogP contribution in [0.4, 0.5) is 5.69 Å². The predicted octanol–water partition coefficient (Wildman–Crippen LogP) is 2.11. The molecule has 0 spiro atoms. The zero-order chi connectivity index (χ0) is 14.5. The number of carbonyl (C=O) groups is 1. The van der Waals surface area contributed by atoms with Crippen molar-refractivity contribution in [2.24, 2.45) is 0 Å². The number of ether oxygens (including phenoxy) is 2. The summed E-state index contributed by atoms with van der Waals surface area (Å²) in [5.74, 6) is 1.14. The molecular weight excluding hydrogens is 256 g/mol. The van der Waals surface area contributed by atoms with E-state index in [0.29, 0.717) is 22.7 Å². The second-order valence-corrected chi connectivity index (χ2v) is 4.25. The maximum absolute atomic E-state index is 12.2. The van der Waals surface area contributed by atoms with Crippen molar-refractivity contribution >= 4 is 11.5 Å². The fourth-order valence-corrected chi connectivity index (χ4v) is 1.91. The lowest BCUT2D eigenvalue weighted by Crippen LogP contribution is -2.07. The molecule has 0 saturated heterocycles. The Morgan fingerprint density at radius 1 is 1.20 bits per heavy atom. The Morgan fingerprint density at radius 2 is 1.95 bits per heavy atom. The number of nitrogen functional groups attached to an aromatic ring is 1. The Balaban J connectivity index is 2.22. The Morgan fingerprint density at radius 3 is 2.60 bits per heavy atom. The quantitative estimate of drug-likeness (QED) is 0.844. The summed E-state index contributed by atoms with van der Waals surface area (Å²) in [6.07, 6.45) is 3.27. The molecule has 0 unspecified atom stereocenters. The number of methoxy groups -OCH3 is 2. The van der Waals surface area contributed by atoms with Gasteiger partial charge in [-0.2, -0.15) is 0 Å². The average molecular weight is 272 g/mol. The van der Waals surface area contributed by atoms with Gasteiger partial charge < -0.3 is 15.2 Å². The minimum atomic E-state index is -0.0807. The van der Waals surface area contributed by atoms with E-state index < -0.39 is 0 Å². The fraction of sp³-hybridized carbons (Fsp3) is 0.200. The first-order valence-corrected chi connectivity index (χ1v) is 6.09. The number of benzene rings is 1. The SMILES string of the molecule is COc1ccc(CC(=O)c2cnccc2N)cc1OC. The Labute approximate surface area is 117 Å². The molecule has 1 aromatic carbocycles. The number of ketones is 1. The van der Waals surface area contributed by atoms with Gasteiger partial charge in [-0.05, 0) is 23.8 Å². The summed E-state index contributed by atoms with van der Waals surface area (Å²) in [4.78, 5) is 16.1. The van der Waals surface area contributed by atoms with Crippen LogP contribution in [0.5, 0.6) is 11.5 Å². The summed E-state index contributed by atoms with van der Waals surface area (Å²) in [6, 6.07) is 6.99. The van der Waals surface area contributed by atoms with E-state index >= 15 is 0 Å². The van der Waals surface area contributed by atoms with Crippen LogP contribution in [0.2, 0.25) is 0 Å². The van der Waals surface area contributed by atoms with Crippen molar-refractivity contribution < 1.29 is 14.3 Å². The highest BCUT2D eigenvalue weighted by Crippen LogP contribution is 2.28. The molecule has 0 aliphatic heterocycles. The number of anilines is 1. The molecule has 0 aliphatic rings. The molecule has 5 nitrogen and oxygen atoms in total. The number of Topliss-reactive ketones (excluding diaryl/α,β-unsaturated/α-hetero) is 1. The van der Waals surface area contributed by atoms with Crippen molar-refractivity contribution in [2.75, 3.05) is 20.0 Å². The van der Waals surface area contributed by atoms with Gasteiger partial charge in [0.15, 0.2) is 17.3 Å². The molecule has 0 bridgehead atoms. The van der Waals surface area contributed by atoms with E-state index in [1.54, 1.807) is 38.6 Å². The lowest BCUT2D eigenvalue weighted by atomic mass is 10.0. The number of rotatable bonds is 5. The van der Waals surface area contributed by atoms with Crippen molar-refractivity contribution in [3.05, 3.63) is 47.8 Å². The van der Waals surface area contributed by atoms with E-state index in [1.165, 1.54) is 6.20 Å². The summed E-state index contributed by atoms with van der Waals surface area (Å²) < 4.78 is 10.4. The van der Waals surface area contributed by atoms with Gasteiger partial charge in [0.25, 0.3) is 0 Å². The first kappa shape index (κ1) is 13.9. The molecule has 0 amide bonds. The number of pyridine rings is 1. The average Bonchev–Trinajstić information content (AvgIpc) is 2.47. The molecule has 0 atom stereocenters. The van der Waals surface area contributed by atoms with Gasteiger partial charge in [0.05, 0.1) is 19.8 Å². The van der Waals surface area contributed by atoms with Crippen LogP contribution >= 0.6 is 0 Å². The van der Waals surface area contributed by atoms with Crippen molar-refractivity contribution in [3.63, 3.8) is 0 Å². The molecule has 0 fully saturated rings. The second kappa shape index (κ2) is 6.06. The third-order valence-corrected chi connectivity index (χ3v) is 2.97. The van der Waals surface area contributed by atoms with Gasteiger partial charge in [-0.1, -0.05) is 6.07 Å². The molecule has 1 heterocycles. The van der Waals surface area contributed by atoms with E-state index in [1.807, 2.05) is 6.07 Å². The molecule has 0 saturated carbocycles. The molecule has 2 aromatic rings. The highest BCUT2D eigenvalue weighted by Gasteiger charge is 2.12. The van der Waals surface area contributed by atoms with Crippen LogP contribution in [0.1, 0.15) is 15.9 Å². The molecule has 20 heavy (non-hydrogen) atoms. The van der Waals surface area contributed by atoms with Crippen molar-refractivity contribution in [3.8, 4) is 11.5 Å². The standard InChI is InChI=1S/C15H16N2O3/c1-19-14-4-3-10(8-15(14)20-2)7-13(18)11-9-17-6-5-12(11)16/h3-6,8-9H,7H2,1-2H3,(H2,16,17). The number of hydrogen-bond acceptors (Lipinski definition) is 5. The van der Waals surface area contributed by atoms with Crippen molar-refractivity contribution in [1.29, 1.82) is 0 Å². The minimum Gasteiger partial charge on any atom is -0.493 e. The first-order chi connectivity index (χ1) is 9.65. The Hall–Kier alpha value is -2.56. The van der Waals surface area contributed by atoms with Crippen LogP contribution in [0.15, 0.2) is 36.7 Å². The number of hydrogen-bond donors (Lipinski definition) is 1. The molecule has 0 radical (unpaired) electrons. The zero-order valence-electron chi connectivity index (χ0n) is 11.4. The maximum atomic E-state index is 12.2. The number of nitrogens with zero attached hydrogens (tertiary/aromatic N) is 1. The van der Waals surface area contributed by atoms with Crippen LogP contribution in [0.25, 0.3) is 0 Å². The van der Waals surface area contributed by atoms with Crippen LogP contribution in [-0.2, 0) is 6.42 Å². The highest BCUT2D eigenvalue weighted by atomic mass is 16.5. The van der Waals surface area contributed by atoms with Crippen LogP contribution in [0.3, 0.4) is 0 Å². The highest BCUT2D eigenvalue weighted by molar-refractivity contribution is 6.01. The lowest BCUT2D eigenvalue weighted by molar-refractivity contribution is 0.0993. The van der Waals surface area contributed by atoms with Crippen LogP contribution < -0.4 is 15.2 Å². The van der Waals surface area contributed by atoms with E-state index in [4.69, 9.17) is 15.2 Å².